The summed E-state index contributed by atoms with van der Waals surface area (Å²) in [5.74, 6) is 0. The van der Waals surface area contributed by atoms with Crippen LogP contribution in [-0.4, -0.2) is 15.4 Å². The molecule has 0 aliphatic heterocycles. The van der Waals surface area contributed by atoms with Crippen molar-refractivity contribution in [3.8, 4) is 0 Å². The molecule has 0 amide bonds. The average Bonchev–Trinajstić information content (AvgIpc) is 2.24. The Morgan fingerprint density at radius 2 is 1.39 bits per heavy atom. The van der Waals surface area contributed by atoms with E-state index in [1.165, 1.54) is 51.4 Å². The van der Waals surface area contributed by atoms with Crippen LogP contribution in [0, 0.1) is 0 Å². The number of hydrogen-bond acceptors (Lipinski definition) is 3. The van der Waals surface area contributed by atoms with E-state index in [1.54, 1.807) is 0 Å². The van der Waals surface area contributed by atoms with Crippen molar-refractivity contribution in [2.45, 2.75) is 71.1 Å². The van der Waals surface area contributed by atoms with Crippen molar-refractivity contribution in [2.75, 3.05) is 6.61 Å². The molecule has 0 saturated carbocycles. The van der Waals surface area contributed by atoms with Gasteiger partial charge in [0.15, 0.2) is 0 Å². The first-order chi connectivity index (χ1) is 8.06. The van der Waals surface area contributed by atoms with E-state index in [4.69, 9.17) is 4.55 Å². The molecule has 6 heteroatoms. The molecule has 0 heterocycles. The van der Waals surface area contributed by atoms with Crippen molar-refractivity contribution < 1.29 is 43.9 Å². The van der Waals surface area contributed by atoms with E-state index in [0.717, 1.165) is 12.8 Å². The van der Waals surface area contributed by atoms with Crippen LogP contribution in [-0.2, 0) is 24.4 Å². The molecular formula is C12H27NaO3S2. The van der Waals surface area contributed by atoms with Crippen molar-refractivity contribution >= 4 is 20.2 Å². The third-order valence-corrected chi connectivity index (χ3v) is 3.48. The summed E-state index contributed by atoms with van der Waals surface area (Å²) < 4.78 is 23.9. The Morgan fingerprint density at radius 1 is 1.00 bits per heavy atom. The van der Waals surface area contributed by atoms with Crippen molar-refractivity contribution in [1.29, 1.82) is 0 Å². The van der Waals surface area contributed by atoms with Crippen LogP contribution >= 0.6 is 0 Å². The van der Waals surface area contributed by atoms with E-state index in [1.807, 2.05) is 0 Å². The summed E-state index contributed by atoms with van der Waals surface area (Å²) in [4.78, 5) is 0. The Morgan fingerprint density at radius 3 is 1.78 bits per heavy atom. The SMILES string of the molecule is CCCCCCCCCCCCOS(=O)(O)=S.[H-].[Na+]. The maximum absolute atomic E-state index is 10.6. The quantitative estimate of drug-likeness (QED) is 0.434. The van der Waals surface area contributed by atoms with Crippen molar-refractivity contribution in [2.24, 2.45) is 0 Å². The Balaban J connectivity index is -0.00000128. The molecule has 3 nitrogen and oxygen atoms in total. The molecule has 0 bridgehead atoms. The second-order valence-electron chi connectivity index (χ2n) is 4.43. The first-order valence-corrected chi connectivity index (χ1v) is 9.04. The molecule has 0 aromatic carbocycles. The monoisotopic (exact) mass is 306 g/mol. The van der Waals surface area contributed by atoms with E-state index in [9.17, 15) is 4.21 Å². The molecule has 0 aliphatic carbocycles. The van der Waals surface area contributed by atoms with Gasteiger partial charge >= 0.3 is 29.6 Å². The molecule has 0 fully saturated rings. The molecule has 1 unspecified atom stereocenters. The minimum atomic E-state index is -3.40. The summed E-state index contributed by atoms with van der Waals surface area (Å²) in [6.07, 6.45) is 12.4. The predicted octanol–water partition coefficient (Wildman–Crippen LogP) is 1.17. The van der Waals surface area contributed by atoms with Gasteiger partial charge in [-0.1, -0.05) is 64.7 Å². The zero-order chi connectivity index (χ0) is 13.0. The maximum atomic E-state index is 10.6. The molecule has 0 aliphatic rings. The molecule has 1 atom stereocenters. The van der Waals surface area contributed by atoms with E-state index in [0.29, 0.717) is 6.61 Å². The van der Waals surface area contributed by atoms with Gasteiger partial charge in [0.05, 0.1) is 6.61 Å². The second-order valence-corrected chi connectivity index (χ2v) is 6.79. The molecule has 1 N–H and O–H groups in total. The van der Waals surface area contributed by atoms with E-state index in [-0.39, 0.29) is 31.0 Å². The number of hydrogen-bond donors (Lipinski definition) is 1. The number of rotatable bonds is 12. The van der Waals surface area contributed by atoms with Gasteiger partial charge in [-0.3, -0.25) is 8.74 Å². The van der Waals surface area contributed by atoms with Gasteiger partial charge in [0.25, 0.3) is 9.05 Å². The largest absolute Gasteiger partial charge is 1.00 e. The Bertz CT molecular complexity index is 262. The summed E-state index contributed by atoms with van der Waals surface area (Å²) in [5, 5.41) is 0. The smallest absolute Gasteiger partial charge is 1.00 e. The molecule has 0 aromatic heterocycles. The maximum Gasteiger partial charge on any atom is 1.00 e. The van der Waals surface area contributed by atoms with Crippen molar-refractivity contribution in [1.82, 2.24) is 0 Å². The molecule has 0 radical (unpaired) electrons. The van der Waals surface area contributed by atoms with Gasteiger partial charge in [-0.25, -0.2) is 0 Å². The Hall–Kier alpha value is 1.29. The summed E-state index contributed by atoms with van der Waals surface area (Å²) >= 11 is 4.22. The summed E-state index contributed by atoms with van der Waals surface area (Å²) in [6, 6.07) is 0. The molecular weight excluding hydrogens is 279 g/mol. The fraction of sp³-hybridized carbons (Fsp3) is 1.00. The average molecular weight is 306 g/mol. The molecule has 0 rings (SSSR count). The van der Waals surface area contributed by atoms with Gasteiger partial charge in [0.2, 0.25) is 0 Å². The minimum Gasteiger partial charge on any atom is -1.00 e. The van der Waals surface area contributed by atoms with Gasteiger partial charge < -0.3 is 1.43 Å². The third kappa shape index (κ3) is 19.6. The molecule has 0 saturated heterocycles. The topological polar surface area (TPSA) is 46.5 Å². The predicted molar refractivity (Wildman–Crippen MR) is 77.0 cm³/mol. The fourth-order valence-corrected chi connectivity index (χ4v) is 2.29. The summed E-state index contributed by atoms with van der Waals surface area (Å²) in [7, 11) is -3.40. The standard InChI is InChI=1S/C12H26O3S2.Na.H/c1-2-3-4-5-6-7-8-9-10-11-12-15-17(13,14)16;;/h2-12H2,1H3,(H,13,14,16);;/q;+1;-1. The first-order valence-electron chi connectivity index (χ1n) is 6.68. The van der Waals surface area contributed by atoms with Crippen molar-refractivity contribution in [3.63, 3.8) is 0 Å². The van der Waals surface area contributed by atoms with Crippen LogP contribution in [0.2, 0.25) is 0 Å². The van der Waals surface area contributed by atoms with Gasteiger partial charge in [-0.2, -0.15) is 4.21 Å². The molecule has 106 valence electrons. The van der Waals surface area contributed by atoms with Gasteiger partial charge in [-0.15, -0.1) is 0 Å². The zero-order valence-electron chi connectivity index (χ0n) is 12.9. The normalized spacial score (nSPS) is 13.9. The van der Waals surface area contributed by atoms with Crippen LogP contribution in [0.5, 0.6) is 0 Å². The van der Waals surface area contributed by atoms with Gasteiger partial charge in [-0.05, 0) is 6.42 Å². The minimum absolute atomic E-state index is 0. The van der Waals surface area contributed by atoms with Crippen LogP contribution in [0.15, 0.2) is 0 Å². The molecule has 18 heavy (non-hydrogen) atoms. The first kappa shape index (κ1) is 21.6. The Kier molecular flexibility index (Phi) is 17.6. The zero-order valence-corrected chi connectivity index (χ0v) is 15.5. The fourth-order valence-electron chi connectivity index (χ4n) is 1.75. The van der Waals surface area contributed by atoms with E-state index in [2.05, 4.69) is 22.3 Å². The van der Waals surface area contributed by atoms with Gasteiger partial charge in [0.1, 0.15) is 0 Å². The van der Waals surface area contributed by atoms with Crippen LogP contribution in [0.1, 0.15) is 72.6 Å². The van der Waals surface area contributed by atoms with E-state index >= 15 is 0 Å². The van der Waals surface area contributed by atoms with Crippen LogP contribution in [0.25, 0.3) is 0 Å². The summed E-state index contributed by atoms with van der Waals surface area (Å²) in [6.45, 7) is 2.53. The van der Waals surface area contributed by atoms with E-state index < -0.39 is 9.05 Å². The van der Waals surface area contributed by atoms with Crippen molar-refractivity contribution in [3.05, 3.63) is 0 Å². The second kappa shape index (κ2) is 14.7. The molecule has 0 aromatic rings. The van der Waals surface area contributed by atoms with Crippen LogP contribution < -0.4 is 29.6 Å². The number of unbranched alkanes of at least 4 members (excludes halogenated alkanes) is 9. The third-order valence-electron chi connectivity index (χ3n) is 2.73. The summed E-state index contributed by atoms with van der Waals surface area (Å²) in [5.41, 5.74) is 0. The van der Waals surface area contributed by atoms with Crippen LogP contribution in [0.4, 0.5) is 0 Å². The molecule has 0 spiro atoms. The Labute approximate surface area is 141 Å². The van der Waals surface area contributed by atoms with Crippen LogP contribution in [0.3, 0.4) is 0 Å². The van der Waals surface area contributed by atoms with Gasteiger partial charge in [0, 0.05) is 11.2 Å².